The number of aromatic nitrogens is 4. The Kier molecular flexibility index (Phi) is 3.92. The molecule has 0 saturated carbocycles. The highest BCUT2D eigenvalue weighted by atomic mass is 15.3. The van der Waals surface area contributed by atoms with Crippen molar-refractivity contribution >= 4 is 16.7 Å². The zero-order valence-corrected chi connectivity index (χ0v) is 15.0. The molecule has 1 saturated heterocycles. The van der Waals surface area contributed by atoms with Crippen LogP contribution in [-0.4, -0.2) is 31.2 Å². The van der Waals surface area contributed by atoms with Crippen LogP contribution in [0.5, 0.6) is 0 Å². The fourth-order valence-corrected chi connectivity index (χ4v) is 4.02. The number of likely N-dealkylation sites (tertiary alicyclic amines) is 1. The lowest BCUT2D eigenvalue weighted by molar-refractivity contribution is 0.241. The number of nitrogens with two attached hydrogens (primary N) is 1. The summed E-state index contributed by atoms with van der Waals surface area (Å²) < 4.78 is 1.98. The van der Waals surface area contributed by atoms with E-state index in [1.807, 2.05) is 36.0 Å². The molecule has 6 heteroatoms. The molecule has 0 radical (unpaired) electrons. The quantitative estimate of drug-likeness (QED) is 0.796. The van der Waals surface area contributed by atoms with Crippen molar-refractivity contribution in [3.05, 3.63) is 47.0 Å². The first kappa shape index (κ1) is 16.0. The Balaban J connectivity index is 1.66. The normalized spacial score (nSPS) is 18.3. The van der Waals surface area contributed by atoms with Gasteiger partial charge in [-0.2, -0.15) is 5.10 Å². The number of hydrogen-bond donors (Lipinski definition) is 1. The number of nitrogens with zero attached hydrogens (tertiary/aromatic N) is 5. The topological polar surface area (TPSA) is 72.9 Å². The van der Waals surface area contributed by atoms with Crippen LogP contribution in [0.15, 0.2) is 24.3 Å². The monoisotopic (exact) mass is 336 g/mol. The largest absolute Gasteiger partial charge is 0.383 e. The zero-order valence-electron chi connectivity index (χ0n) is 15.0. The molecule has 1 aliphatic rings. The molecule has 2 aromatic heterocycles. The van der Waals surface area contributed by atoms with E-state index in [-0.39, 0.29) is 0 Å². The Bertz CT molecular complexity index is 929. The molecule has 6 nitrogen and oxygen atoms in total. The highest BCUT2D eigenvalue weighted by Gasteiger charge is 2.30. The summed E-state index contributed by atoms with van der Waals surface area (Å²) in [6, 6.07) is 8.29. The van der Waals surface area contributed by atoms with Crippen LogP contribution in [0.2, 0.25) is 0 Å². The molecule has 3 heterocycles. The summed E-state index contributed by atoms with van der Waals surface area (Å²) in [5.74, 6) is 1.35. The number of para-hydroxylation sites is 1. The Labute approximate surface area is 147 Å². The van der Waals surface area contributed by atoms with E-state index >= 15 is 0 Å². The molecule has 25 heavy (non-hydrogen) atoms. The lowest BCUT2D eigenvalue weighted by Gasteiger charge is -2.24. The van der Waals surface area contributed by atoms with Crippen molar-refractivity contribution in [1.29, 1.82) is 0 Å². The summed E-state index contributed by atoms with van der Waals surface area (Å²) >= 11 is 0. The van der Waals surface area contributed by atoms with E-state index < -0.39 is 0 Å². The van der Waals surface area contributed by atoms with E-state index in [9.17, 15) is 0 Å². The zero-order chi connectivity index (χ0) is 17.6. The van der Waals surface area contributed by atoms with Gasteiger partial charge in [0.25, 0.3) is 0 Å². The number of nitrogen functional groups attached to an aromatic ring is 1. The molecule has 0 aliphatic carbocycles. The van der Waals surface area contributed by atoms with E-state index in [0.717, 1.165) is 35.4 Å². The molecule has 0 bridgehead atoms. The maximum Gasteiger partial charge on any atom is 0.145 e. The van der Waals surface area contributed by atoms with Crippen molar-refractivity contribution in [1.82, 2.24) is 24.6 Å². The molecule has 0 amide bonds. The third-order valence-corrected chi connectivity index (χ3v) is 5.29. The average Bonchev–Trinajstić information content (AvgIpc) is 3.12. The van der Waals surface area contributed by atoms with Crippen molar-refractivity contribution in [3.63, 3.8) is 0 Å². The van der Waals surface area contributed by atoms with E-state index in [0.29, 0.717) is 18.4 Å². The van der Waals surface area contributed by atoms with Crippen LogP contribution in [0.4, 0.5) is 5.82 Å². The molecule has 0 unspecified atom stereocenters. The van der Waals surface area contributed by atoms with Gasteiger partial charge in [-0.15, -0.1) is 0 Å². The van der Waals surface area contributed by atoms with Crippen LogP contribution in [0.3, 0.4) is 0 Å². The minimum atomic E-state index is 0.380. The van der Waals surface area contributed by atoms with Gasteiger partial charge in [-0.1, -0.05) is 12.1 Å². The summed E-state index contributed by atoms with van der Waals surface area (Å²) in [5, 5.41) is 5.51. The second-order valence-corrected chi connectivity index (χ2v) is 6.88. The molecule has 1 atom stereocenters. The van der Waals surface area contributed by atoms with Gasteiger partial charge in [0, 0.05) is 29.7 Å². The third-order valence-electron chi connectivity index (χ3n) is 5.29. The number of fused-ring (bicyclic) bond motifs is 1. The molecular formula is C19H24N6. The second-order valence-electron chi connectivity index (χ2n) is 6.88. The smallest absolute Gasteiger partial charge is 0.145 e. The van der Waals surface area contributed by atoms with Gasteiger partial charge in [-0.25, -0.2) is 9.97 Å². The highest BCUT2D eigenvalue weighted by Crippen LogP contribution is 2.36. The second kappa shape index (κ2) is 6.11. The molecule has 2 N–H and O–H groups in total. The SMILES string of the molecule is Cc1nn(C)c(C)c1[C@H]1CCCN1Cc1nc(N)c2ccccc2n1. The van der Waals surface area contributed by atoms with Gasteiger partial charge in [0.15, 0.2) is 0 Å². The maximum absolute atomic E-state index is 6.15. The molecule has 1 aromatic carbocycles. The maximum atomic E-state index is 6.15. The summed E-state index contributed by atoms with van der Waals surface area (Å²) in [6.07, 6.45) is 2.33. The first-order chi connectivity index (χ1) is 12.0. The Morgan fingerprint density at radius 2 is 2.00 bits per heavy atom. The van der Waals surface area contributed by atoms with Crippen molar-refractivity contribution in [2.24, 2.45) is 7.05 Å². The van der Waals surface area contributed by atoms with Crippen LogP contribution < -0.4 is 5.73 Å². The van der Waals surface area contributed by atoms with Crippen LogP contribution in [0.1, 0.15) is 41.7 Å². The standard InChI is InChI=1S/C19H24N6/c1-12-18(13(2)24(3)23-12)16-9-6-10-25(16)11-17-21-15-8-5-4-7-14(15)19(20)22-17/h4-5,7-8,16H,6,9-11H2,1-3H3,(H2,20,21,22)/t16-/m1/s1. The van der Waals surface area contributed by atoms with Gasteiger partial charge >= 0.3 is 0 Å². The molecule has 3 aromatic rings. The lowest BCUT2D eigenvalue weighted by atomic mass is 10.0. The molecule has 1 aliphatic heterocycles. The van der Waals surface area contributed by atoms with Gasteiger partial charge in [-0.3, -0.25) is 9.58 Å². The highest BCUT2D eigenvalue weighted by molar-refractivity contribution is 5.87. The fraction of sp³-hybridized carbons (Fsp3) is 0.421. The van der Waals surface area contributed by atoms with Crippen LogP contribution in [0, 0.1) is 13.8 Å². The molecular weight excluding hydrogens is 312 g/mol. The predicted octanol–water partition coefficient (Wildman–Crippen LogP) is 2.90. The third kappa shape index (κ3) is 2.76. The number of aryl methyl sites for hydroxylation is 2. The van der Waals surface area contributed by atoms with E-state index in [1.165, 1.54) is 17.7 Å². The lowest BCUT2D eigenvalue weighted by Crippen LogP contribution is -2.25. The van der Waals surface area contributed by atoms with Gasteiger partial charge in [-0.05, 0) is 45.4 Å². The first-order valence-electron chi connectivity index (χ1n) is 8.80. The van der Waals surface area contributed by atoms with Crippen LogP contribution >= 0.6 is 0 Å². The minimum Gasteiger partial charge on any atom is -0.383 e. The first-order valence-corrected chi connectivity index (χ1v) is 8.80. The summed E-state index contributed by atoms with van der Waals surface area (Å²) in [6.45, 7) is 6.02. The molecule has 0 spiro atoms. The average molecular weight is 336 g/mol. The Morgan fingerprint density at radius 3 is 2.76 bits per heavy atom. The van der Waals surface area contributed by atoms with Crippen LogP contribution in [0.25, 0.3) is 10.9 Å². The van der Waals surface area contributed by atoms with E-state index in [1.54, 1.807) is 0 Å². The van der Waals surface area contributed by atoms with Gasteiger partial charge < -0.3 is 5.73 Å². The number of rotatable bonds is 3. The number of benzene rings is 1. The summed E-state index contributed by atoms with van der Waals surface area (Å²) in [5.41, 5.74) is 10.8. The van der Waals surface area contributed by atoms with Crippen molar-refractivity contribution in [2.75, 3.05) is 12.3 Å². The van der Waals surface area contributed by atoms with Crippen LogP contribution in [-0.2, 0) is 13.6 Å². The Hall–Kier alpha value is -2.47. The molecule has 4 rings (SSSR count). The minimum absolute atomic E-state index is 0.380. The van der Waals surface area contributed by atoms with Gasteiger partial charge in [0.05, 0.1) is 17.8 Å². The molecule has 130 valence electrons. The number of anilines is 1. The van der Waals surface area contributed by atoms with Gasteiger partial charge in [0.1, 0.15) is 11.6 Å². The van der Waals surface area contributed by atoms with Crippen molar-refractivity contribution in [2.45, 2.75) is 39.3 Å². The number of hydrogen-bond acceptors (Lipinski definition) is 5. The van der Waals surface area contributed by atoms with Crippen molar-refractivity contribution < 1.29 is 0 Å². The predicted molar refractivity (Wildman–Crippen MR) is 99.0 cm³/mol. The van der Waals surface area contributed by atoms with Gasteiger partial charge in [0.2, 0.25) is 0 Å². The summed E-state index contributed by atoms with van der Waals surface area (Å²) in [7, 11) is 2.01. The van der Waals surface area contributed by atoms with E-state index in [4.69, 9.17) is 10.7 Å². The Morgan fingerprint density at radius 1 is 1.20 bits per heavy atom. The summed E-state index contributed by atoms with van der Waals surface area (Å²) in [4.78, 5) is 11.7. The van der Waals surface area contributed by atoms with Crippen molar-refractivity contribution in [3.8, 4) is 0 Å². The fourth-order valence-electron chi connectivity index (χ4n) is 4.02. The molecule has 1 fully saturated rings. The van der Waals surface area contributed by atoms with E-state index in [2.05, 4.69) is 28.8 Å².